The minimum Gasteiger partial charge on any atom is -0.307 e. The fourth-order valence-electron chi connectivity index (χ4n) is 1.92. The Morgan fingerprint density at radius 2 is 1.73 bits per heavy atom. The molecule has 5 heteroatoms. The highest BCUT2D eigenvalue weighted by Gasteiger charge is 2.22. The van der Waals surface area contributed by atoms with Crippen LogP contribution in [-0.4, -0.2) is 4.98 Å². The van der Waals surface area contributed by atoms with Crippen LogP contribution >= 0.6 is 0 Å². The summed E-state index contributed by atoms with van der Waals surface area (Å²) in [4.78, 5) is 4.01. The summed E-state index contributed by atoms with van der Waals surface area (Å²) < 4.78 is 38.1. The number of rotatable bonds is 3. The Labute approximate surface area is 85.5 Å². The van der Waals surface area contributed by atoms with E-state index in [1.807, 2.05) is 0 Å². The Morgan fingerprint density at radius 3 is 2.33 bits per heavy atom. The van der Waals surface area contributed by atoms with Crippen molar-refractivity contribution >= 4 is 0 Å². The lowest BCUT2D eigenvalue weighted by atomic mass is 10.0. The molecule has 0 radical (unpaired) electrons. The molecule has 0 bridgehead atoms. The van der Waals surface area contributed by atoms with Crippen LogP contribution in [0.4, 0.5) is 13.2 Å². The van der Waals surface area contributed by atoms with Gasteiger partial charge in [-0.05, 0) is 11.1 Å². The first-order chi connectivity index (χ1) is 7.31. The van der Waals surface area contributed by atoms with Crippen LogP contribution in [0, 0.1) is 0 Å². The zero-order valence-corrected chi connectivity index (χ0v) is 8.12. The lowest BCUT2D eigenvalue weighted by Crippen LogP contribution is -2.06. The normalized spacial score (nSPS) is 14.3. The van der Waals surface area contributed by atoms with Gasteiger partial charge >= 0.3 is 0 Å². The number of aromatic nitrogens is 1. The maximum absolute atomic E-state index is 12.8. The van der Waals surface area contributed by atoms with E-state index in [0.717, 1.165) is 0 Å². The number of fused-ring (bicyclic) bond motifs is 1. The van der Waals surface area contributed by atoms with Crippen molar-refractivity contribution in [3.05, 3.63) is 28.1 Å². The highest BCUT2D eigenvalue weighted by atomic mass is 19.1. The van der Waals surface area contributed by atoms with Crippen molar-refractivity contribution in [1.82, 2.24) is 10.3 Å². The lowest BCUT2D eigenvalue weighted by Gasteiger charge is -2.11. The van der Waals surface area contributed by atoms with Crippen LogP contribution in [0.2, 0.25) is 0 Å². The number of alkyl halides is 3. The second-order valence-corrected chi connectivity index (χ2v) is 3.45. The van der Waals surface area contributed by atoms with Crippen molar-refractivity contribution in [2.24, 2.45) is 0 Å². The Balaban J connectivity index is 2.61. The minimum atomic E-state index is -0.862. The first kappa shape index (κ1) is 10.4. The second kappa shape index (κ2) is 4.18. The standard InChI is InChI=1S/C10H11F3N2/c11-1-6-7(2-12)9(3-13)15-10-5-14-4-8(6)10/h14H,1-5H2. The second-order valence-electron chi connectivity index (χ2n) is 3.45. The molecule has 15 heavy (non-hydrogen) atoms. The molecule has 1 aliphatic rings. The average molecular weight is 216 g/mol. The van der Waals surface area contributed by atoms with E-state index >= 15 is 0 Å². The van der Waals surface area contributed by atoms with Crippen LogP contribution in [-0.2, 0) is 33.1 Å². The van der Waals surface area contributed by atoms with E-state index in [1.54, 1.807) is 0 Å². The summed E-state index contributed by atoms with van der Waals surface area (Å²) in [6, 6.07) is 0. The molecule has 0 aromatic carbocycles. The first-order valence-corrected chi connectivity index (χ1v) is 4.72. The average Bonchev–Trinajstić information content (AvgIpc) is 2.73. The Hall–Kier alpha value is -1.10. The van der Waals surface area contributed by atoms with Crippen LogP contribution in [0.15, 0.2) is 0 Å². The van der Waals surface area contributed by atoms with Gasteiger partial charge in [0, 0.05) is 18.7 Å². The van der Waals surface area contributed by atoms with Gasteiger partial charge in [0.1, 0.15) is 20.0 Å². The van der Waals surface area contributed by atoms with Gasteiger partial charge in [-0.25, -0.2) is 13.2 Å². The fraction of sp³-hybridized carbons (Fsp3) is 0.500. The molecule has 0 spiro atoms. The monoisotopic (exact) mass is 216 g/mol. The number of nitrogens with zero attached hydrogens (tertiary/aromatic N) is 1. The lowest BCUT2D eigenvalue weighted by molar-refractivity contribution is 0.428. The molecule has 2 rings (SSSR count). The summed E-state index contributed by atoms with van der Waals surface area (Å²) in [6.07, 6.45) is 0. The minimum absolute atomic E-state index is 0.0348. The van der Waals surface area contributed by atoms with Gasteiger partial charge in [0.2, 0.25) is 0 Å². The van der Waals surface area contributed by atoms with Gasteiger partial charge in [-0.3, -0.25) is 4.98 Å². The van der Waals surface area contributed by atoms with Gasteiger partial charge in [0.15, 0.2) is 0 Å². The van der Waals surface area contributed by atoms with Crippen molar-refractivity contribution in [3.63, 3.8) is 0 Å². The number of hydrogen-bond donors (Lipinski definition) is 1. The summed E-state index contributed by atoms with van der Waals surface area (Å²) >= 11 is 0. The number of nitrogens with one attached hydrogen (secondary N) is 1. The van der Waals surface area contributed by atoms with Crippen LogP contribution < -0.4 is 5.32 Å². The molecule has 1 aromatic heterocycles. The largest absolute Gasteiger partial charge is 0.307 e. The van der Waals surface area contributed by atoms with Crippen LogP contribution in [0.1, 0.15) is 28.1 Å². The van der Waals surface area contributed by atoms with E-state index < -0.39 is 20.0 Å². The summed E-state index contributed by atoms with van der Waals surface area (Å²) in [5.41, 5.74) is 1.74. The smallest absolute Gasteiger partial charge is 0.132 e. The molecule has 82 valence electrons. The number of halogens is 3. The van der Waals surface area contributed by atoms with Gasteiger partial charge in [-0.15, -0.1) is 0 Å². The van der Waals surface area contributed by atoms with Gasteiger partial charge in [-0.2, -0.15) is 0 Å². The topological polar surface area (TPSA) is 24.9 Å². The molecule has 0 atom stereocenters. The molecule has 2 nitrogen and oxygen atoms in total. The van der Waals surface area contributed by atoms with E-state index in [-0.39, 0.29) is 16.8 Å². The van der Waals surface area contributed by atoms with Crippen molar-refractivity contribution in [3.8, 4) is 0 Å². The van der Waals surface area contributed by atoms with Gasteiger partial charge in [-0.1, -0.05) is 0 Å². The molecule has 0 aliphatic carbocycles. The summed E-state index contributed by atoms with van der Waals surface area (Å²) in [5, 5.41) is 2.99. The van der Waals surface area contributed by atoms with Gasteiger partial charge in [0.25, 0.3) is 0 Å². The predicted octanol–water partition coefficient (Wildman–Crippen LogP) is 2.09. The van der Waals surface area contributed by atoms with Crippen molar-refractivity contribution in [2.45, 2.75) is 33.1 Å². The number of hydrogen-bond acceptors (Lipinski definition) is 2. The van der Waals surface area contributed by atoms with E-state index in [0.29, 0.717) is 24.3 Å². The molecule has 1 aromatic rings. The molecule has 0 fully saturated rings. The summed E-state index contributed by atoms with van der Waals surface area (Å²) in [6.45, 7) is -1.49. The van der Waals surface area contributed by atoms with E-state index in [1.165, 1.54) is 0 Å². The van der Waals surface area contributed by atoms with Crippen molar-refractivity contribution in [1.29, 1.82) is 0 Å². The zero-order chi connectivity index (χ0) is 10.8. The van der Waals surface area contributed by atoms with Gasteiger partial charge < -0.3 is 5.32 Å². The van der Waals surface area contributed by atoms with E-state index in [9.17, 15) is 13.2 Å². The maximum atomic E-state index is 12.8. The van der Waals surface area contributed by atoms with E-state index in [2.05, 4.69) is 10.3 Å². The van der Waals surface area contributed by atoms with Gasteiger partial charge in [0.05, 0.1) is 11.4 Å². The molecule has 0 saturated carbocycles. The SMILES string of the molecule is FCc1nc2c(c(CF)c1CF)CNC2. The van der Waals surface area contributed by atoms with Crippen LogP contribution in [0.3, 0.4) is 0 Å². The summed E-state index contributed by atoms with van der Waals surface area (Å²) in [5.74, 6) is 0. The fourth-order valence-corrected chi connectivity index (χ4v) is 1.92. The van der Waals surface area contributed by atoms with Crippen LogP contribution in [0.5, 0.6) is 0 Å². The molecule has 1 aliphatic heterocycles. The Morgan fingerprint density at radius 1 is 1.00 bits per heavy atom. The Kier molecular flexibility index (Phi) is 2.90. The number of pyridine rings is 1. The molecule has 0 saturated heterocycles. The van der Waals surface area contributed by atoms with Crippen LogP contribution in [0.25, 0.3) is 0 Å². The highest BCUT2D eigenvalue weighted by Crippen LogP contribution is 2.26. The first-order valence-electron chi connectivity index (χ1n) is 4.72. The Bertz CT molecular complexity index is 379. The molecule has 1 N–H and O–H groups in total. The molecule has 0 amide bonds. The highest BCUT2D eigenvalue weighted by molar-refractivity contribution is 5.41. The third kappa shape index (κ3) is 1.61. The maximum Gasteiger partial charge on any atom is 0.132 e. The third-order valence-electron chi connectivity index (χ3n) is 2.68. The molecular formula is C10H11F3N2. The summed E-state index contributed by atoms with van der Waals surface area (Å²) in [7, 11) is 0. The van der Waals surface area contributed by atoms with Crippen molar-refractivity contribution in [2.75, 3.05) is 0 Å². The molecule has 2 heterocycles. The predicted molar refractivity (Wildman–Crippen MR) is 49.2 cm³/mol. The van der Waals surface area contributed by atoms with Crippen molar-refractivity contribution < 1.29 is 13.2 Å². The molecular weight excluding hydrogens is 205 g/mol. The zero-order valence-electron chi connectivity index (χ0n) is 8.12. The third-order valence-corrected chi connectivity index (χ3v) is 2.68. The molecule has 0 unspecified atom stereocenters. The van der Waals surface area contributed by atoms with E-state index in [4.69, 9.17) is 0 Å². The quantitative estimate of drug-likeness (QED) is 0.836.